The average Bonchev–Trinajstić information content (AvgIpc) is 2.79. The Kier molecular flexibility index (Phi) is 8.06. The molecule has 9 heteroatoms. The lowest BCUT2D eigenvalue weighted by Crippen LogP contribution is -2.24. The van der Waals surface area contributed by atoms with E-state index in [9.17, 15) is 13.2 Å². The number of rotatable bonds is 9. The van der Waals surface area contributed by atoms with E-state index in [0.717, 1.165) is 4.90 Å². The lowest BCUT2D eigenvalue weighted by Gasteiger charge is -2.15. The first-order chi connectivity index (χ1) is 15.3. The maximum atomic E-state index is 12.7. The van der Waals surface area contributed by atoms with E-state index in [2.05, 4.69) is 10.0 Å². The van der Waals surface area contributed by atoms with Gasteiger partial charge in [-0.3, -0.25) is 9.52 Å². The Morgan fingerprint density at radius 1 is 0.969 bits per heavy atom. The van der Waals surface area contributed by atoms with Crippen LogP contribution in [0.15, 0.2) is 82.6 Å². The number of carbonyl (C=O) groups excluding carboxylic acids is 1. The highest BCUT2D eigenvalue weighted by atomic mass is 35.5. The van der Waals surface area contributed by atoms with Crippen LogP contribution in [0.25, 0.3) is 0 Å². The highest BCUT2D eigenvalue weighted by Crippen LogP contribution is 2.28. The number of nitrogens with one attached hydrogen (secondary N) is 2. The van der Waals surface area contributed by atoms with Gasteiger partial charge in [0.15, 0.2) is 0 Å². The van der Waals surface area contributed by atoms with Crippen LogP contribution in [-0.2, 0) is 14.8 Å². The molecule has 0 saturated carbocycles. The standard InChI is InChI=1S/C23H23ClN2O4S2/c1-3-22(31-20-12-4-16(24)5-13-20)23(27)25-17-8-14-21(15-9-17)32(28,29)26-18-6-10-19(30-2)11-7-18/h4-15,22,26H,3H2,1-2H3,(H,25,27)/t22-/m0/s1. The summed E-state index contributed by atoms with van der Waals surface area (Å²) in [5.74, 6) is 0.479. The molecule has 3 aromatic rings. The van der Waals surface area contributed by atoms with Crippen LogP contribution >= 0.6 is 23.4 Å². The van der Waals surface area contributed by atoms with Crippen LogP contribution in [0.4, 0.5) is 11.4 Å². The largest absolute Gasteiger partial charge is 0.497 e. The molecule has 0 aliphatic carbocycles. The summed E-state index contributed by atoms with van der Waals surface area (Å²) < 4.78 is 32.9. The first-order valence-electron chi connectivity index (χ1n) is 9.81. The topological polar surface area (TPSA) is 84.5 Å². The SMILES string of the molecule is CC[C@H](Sc1ccc(Cl)cc1)C(=O)Nc1ccc(S(=O)(=O)Nc2ccc(OC)cc2)cc1. The Hall–Kier alpha value is -2.68. The Morgan fingerprint density at radius 3 is 2.12 bits per heavy atom. The van der Waals surface area contributed by atoms with Crippen molar-refractivity contribution in [2.24, 2.45) is 0 Å². The van der Waals surface area contributed by atoms with Gasteiger partial charge >= 0.3 is 0 Å². The van der Waals surface area contributed by atoms with E-state index in [1.165, 1.54) is 23.9 Å². The molecule has 0 saturated heterocycles. The maximum absolute atomic E-state index is 12.7. The summed E-state index contributed by atoms with van der Waals surface area (Å²) in [5, 5.41) is 3.20. The normalized spacial score (nSPS) is 12.1. The Balaban J connectivity index is 1.64. The lowest BCUT2D eigenvalue weighted by atomic mass is 10.3. The molecule has 6 nitrogen and oxygen atoms in total. The van der Waals surface area contributed by atoms with E-state index in [1.54, 1.807) is 55.6 Å². The van der Waals surface area contributed by atoms with Crippen molar-refractivity contribution in [3.8, 4) is 5.75 Å². The minimum absolute atomic E-state index is 0.0916. The number of thioether (sulfide) groups is 1. The van der Waals surface area contributed by atoms with Gasteiger partial charge in [0.05, 0.1) is 17.3 Å². The molecule has 1 amide bonds. The predicted molar refractivity (Wildman–Crippen MR) is 130 cm³/mol. The molecule has 0 aromatic heterocycles. The van der Waals surface area contributed by atoms with Crippen LogP contribution in [0.5, 0.6) is 5.75 Å². The zero-order chi connectivity index (χ0) is 23.1. The van der Waals surface area contributed by atoms with E-state index in [0.29, 0.717) is 28.6 Å². The van der Waals surface area contributed by atoms with Crippen molar-refractivity contribution in [1.29, 1.82) is 0 Å². The smallest absolute Gasteiger partial charge is 0.261 e. The zero-order valence-electron chi connectivity index (χ0n) is 17.5. The molecule has 0 aliphatic heterocycles. The molecular formula is C23H23ClN2O4S2. The van der Waals surface area contributed by atoms with Crippen molar-refractivity contribution >= 4 is 50.7 Å². The maximum Gasteiger partial charge on any atom is 0.261 e. The summed E-state index contributed by atoms with van der Waals surface area (Å²) in [6.07, 6.45) is 0.636. The first-order valence-corrected chi connectivity index (χ1v) is 12.5. The third kappa shape index (κ3) is 6.41. The van der Waals surface area contributed by atoms with E-state index in [-0.39, 0.29) is 16.1 Å². The predicted octanol–water partition coefficient (Wildman–Crippen LogP) is 5.66. The summed E-state index contributed by atoms with van der Waals surface area (Å²) in [5.41, 5.74) is 0.946. The lowest BCUT2D eigenvalue weighted by molar-refractivity contribution is -0.115. The van der Waals surface area contributed by atoms with Crippen LogP contribution in [0, 0.1) is 0 Å². The molecule has 2 N–H and O–H groups in total. The van der Waals surface area contributed by atoms with Gasteiger partial charge in [0, 0.05) is 21.3 Å². The molecule has 3 aromatic carbocycles. The van der Waals surface area contributed by atoms with Gasteiger partial charge in [-0.1, -0.05) is 18.5 Å². The van der Waals surface area contributed by atoms with Crippen LogP contribution in [-0.4, -0.2) is 26.7 Å². The average molecular weight is 491 g/mol. The number of benzene rings is 3. The summed E-state index contributed by atoms with van der Waals surface area (Å²) in [4.78, 5) is 13.7. The molecule has 32 heavy (non-hydrogen) atoms. The van der Waals surface area contributed by atoms with Crippen LogP contribution in [0.2, 0.25) is 5.02 Å². The highest BCUT2D eigenvalue weighted by Gasteiger charge is 2.19. The number of amides is 1. The van der Waals surface area contributed by atoms with Crippen molar-refractivity contribution in [1.82, 2.24) is 0 Å². The van der Waals surface area contributed by atoms with E-state index in [4.69, 9.17) is 16.3 Å². The third-order valence-electron chi connectivity index (χ3n) is 4.53. The molecule has 0 unspecified atom stereocenters. The number of methoxy groups -OCH3 is 1. The molecule has 0 aliphatic rings. The van der Waals surface area contributed by atoms with E-state index >= 15 is 0 Å². The van der Waals surface area contributed by atoms with Gasteiger partial charge in [-0.2, -0.15) is 0 Å². The van der Waals surface area contributed by atoms with Gasteiger partial charge in [0.1, 0.15) is 5.75 Å². The molecule has 0 fully saturated rings. The van der Waals surface area contributed by atoms with Gasteiger partial charge in [-0.15, -0.1) is 11.8 Å². The molecule has 1 atom stereocenters. The summed E-state index contributed by atoms with van der Waals surface area (Å²) in [6, 6.07) is 19.9. The first kappa shape index (κ1) is 24.0. The van der Waals surface area contributed by atoms with Crippen molar-refractivity contribution in [2.75, 3.05) is 17.1 Å². The zero-order valence-corrected chi connectivity index (χ0v) is 19.9. The number of ether oxygens (including phenoxy) is 1. The number of hydrogen-bond acceptors (Lipinski definition) is 5. The summed E-state index contributed by atoms with van der Waals surface area (Å²) in [7, 11) is -2.22. The van der Waals surface area contributed by atoms with Gasteiger partial charge < -0.3 is 10.1 Å². The fraction of sp³-hybridized carbons (Fsp3) is 0.174. The number of hydrogen-bond donors (Lipinski definition) is 2. The molecule has 0 heterocycles. The number of carbonyl (C=O) groups is 1. The second-order valence-electron chi connectivity index (χ2n) is 6.82. The van der Waals surface area contributed by atoms with Crippen LogP contribution in [0.1, 0.15) is 13.3 Å². The van der Waals surface area contributed by atoms with Crippen molar-refractivity contribution in [3.05, 3.63) is 77.8 Å². The minimum atomic E-state index is -3.76. The van der Waals surface area contributed by atoms with E-state index < -0.39 is 10.0 Å². The fourth-order valence-corrected chi connectivity index (χ4v) is 4.95. The van der Waals surface area contributed by atoms with Crippen molar-refractivity contribution in [2.45, 2.75) is 28.4 Å². The van der Waals surface area contributed by atoms with Gasteiger partial charge in [-0.25, -0.2) is 8.42 Å². The molecule has 0 spiro atoms. The molecule has 168 valence electrons. The monoisotopic (exact) mass is 490 g/mol. The van der Waals surface area contributed by atoms with Crippen molar-refractivity contribution in [3.63, 3.8) is 0 Å². The number of sulfonamides is 1. The van der Waals surface area contributed by atoms with Gasteiger partial charge in [0.25, 0.3) is 10.0 Å². The quantitative estimate of drug-likeness (QED) is 0.378. The third-order valence-corrected chi connectivity index (χ3v) is 7.56. The van der Waals surface area contributed by atoms with Gasteiger partial charge in [-0.05, 0) is 79.2 Å². The Labute approximate surface area is 197 Å². The van der Waals surface area contributed by atoms with Crippen molar-refractivity contribution < 1.29 is 17.9 Å². The van der Waals surface area contributed by atoms with E-state index in [1.807, 2.05) is 19.1 Å². The number of halogens is 1. The second kappa shape index (κ2) is 10.8. The molecule has 3 rings (SSSR count). The molecule has 0 radical (unpaired) electrons. The molecular weight excluding hydrogens is 468 g/mol. The van der Waals surface area contributed by atoms with Crippen LogP contribution < -0.4 is 14.8 Å². The summed E-state index contributed by atoms with van der Waals surface area (Å²) in [6.45, 7) is 1.94. The fourth-order valence-electron chi connectivity index (χ4n) is 2.81. The number of anilines is 2. The van der Waals surface area contributed by atoms with Gasteiger partial charge in [0.2, 0.25) is 5.91 Å². The molecule has 0 bridgehead atoms. The van der Waals surface area contributed by atoms with Crippen LogP contribution in [0.3, 0.4) is 0 Å². The second-order valence-corrected chi connectivity index (χ2v) is 10.2. The Bertz CT molecular complexity index is 1150. The summed E-state index contributed by atoms with van der Waals surface area (Å²) >= 11 is 7.36. The highest BCUT2D eigenvalue weighted by molar-refractivity contribution is 8.00. The minimum Gasteiger partial charge on any atom is -0.497 e. The Morgan fingerprint density at radius 2 is 1.56 bits per heavy atom.